The second kappa shape index (κ2) is 9.96. The molecule has 4 nitrogen and oxygen atoms in total. The first kappa shape index (κ1) is 20.7. The van der Waals surface area contributed by atoms with Gasteiger partial charge in [0.25, 0.3) is 10.1 Å². The van der Waals surface area contributed by atoms with Gasteiger partial charge in [-0.15, -0.1) is 0 Å². The molecule has 28 heavy (non-hydrogen) atoms. The second-order valence-corrected chi connectivity index (χ2v) is 9.17. The number of rotatable bonds is 9. The van der Waals surface area contributed by atoms with Crippen LogP contribution in [0.2, 0.25) is 0 Å². The summed E-state index contributed by atoms with van der Waals surface area (Å²) in [5.41, 5.74) is 2.36. The van der Waals surface area contributed by atoms with Crippen molar-refractivity contribution < 1.29 is 12.6 Å². The van der Waals surface area contributed by atoms with Crippen LogP contribution in [0.15, 0.2) is 88.5 Å². The van der Waals surface area contributed by atoms with Gasteiger partial charge >= 0.3 is 0 Å². The first-order valence-corrected chi connectivity index (χ1v) is 11.3. The Morgan fingerprint density at radius 3 is 2.25 bits per heavy atom. The number of hydrogen-bond acceptors (Lipinski definition) is 4. The van der Waals surface area contributed by atoms with E-state index in [0.29, 0.717) is 0 Å². The van der Waals surface area contributed by atoms with Crippen molar-refractivity contribution in [2.75, 3.05) is 6.61 Å². The van der Waals surface area contributed by atoms with Gasteiger partial charge in [-0.2, -0.15) is 8.42 Å². The molecule has 146 valence electrons. The number of nitrogens with zero attached hydrogens (tertiary/aromatic N) is 1. The molecule has 1 aromatic heterocycles. The van der Waals surface area contributed by atoms with Crippen LogP contribution in [0.4, 0.5) is 0 Å². The molecule has 0 bridgehead atoms. The molecule has 1 atom stereocenters. The summed E-state index contributed by atoms with van der Waals surface area (Å²) in [5.74, 6) is 0.0841. The predicted molar refractivity (Wildman–Crippen MR) is 113 cm³/mol. The fraction of sp³-hybridized carbons (Fsp3) is 0.227. The molecule has 0 saturated heterocycles. The molecule has 0 spiro atoms. The van der Waals surface area contributed by atoms with E-state index < -0.39 is 10.1 Å². The van der Waals surface area contributed by atoms with Gasteiger partial charge < -0.3 is 0 Å². The van der Waals surface area contributed by atoms with E-state index in [-0.39, 0.29) is 17.4 Å². The van der Waals surface area contributed by atoms with Crippen molar-refractivity contribution in [3.8, 4) is 0 Å². The number of benzene rings is 2. The van der Waals surface area contributed by atoms with Crippen LogP contribution in [0.5, 0.6) is 0 Å². The molecule has 2 aromatic carbocycles. The molecule has 0 radical (unpaired) electrons. The SMILES string of the molecule is O=S(=O)(OC[C@@H](CCc1ccncc1)Cc1ccccc1)c1ccc(Br)cc1. The molecule has 3 aromatic rings. The van der Waals surface area contributed by atoms with Gasteiger partial charge in [0.15, 0.2) is 0 Å². The van der Waals surface area contributed by atoms with E-state index in [2.05, 4.69) is 33.0 Å². The maximum absolute atomic E-state index is 12.5. The molecular weight excluding hydrogens is 438 g/mol. The highest BCUT2D eigenvalue weighted by molar-refractivity contribution is 9.10. The van der Waals surface area contributed by atoms with Gasteiger partial charge in [-0.05, 0) is 72.7 Å². The maximum Gasteiger partial charge on any atom is 0.296 e. The van der Waals surface area contributed by atoms with Gasteiger partial charge in [-0.1, -0.05) is 46.3 Å². The van der Waals surface area contributed by atoms with Gasteiger partial charge in [0, 0.05) is 16.9 Å². The Morgan fingerprint density at radius 1 is 0.893 bits per heavy atom. The first-order chi connectivity index (χ1) is 13.5. The Bertz CT molecular complexity index is 962. The molecule has 3 rings (SSSR count). The zero-order valence-electron chi connectivity index (χ0n) is 15.4. The summed E-state index contributed by atoms with van der Waals surface area (Å²) in [7, 11) is -3.78. The molecule has 0 N–H and O–H groups in total. The number of hydrogen-bond donors (Lipinski definition) is 0. The molecule has 0 unspecified atom stereocenters. The van der Waals surface area contributed by atoms with Gasteiger partial charge in [-0.25, -0.2) is 0 Å². The fourth-order valence-corrected chi connectivity index (χ4v) is 4.21. The summed E-state index contributed by atoms with van der Waals surface area (Å²) in [6.45, 7) is 0.151. The Hall–Kier alpha value is -2.02. The summed E-state index contributed by atoms with van der Waals surface area (Å²) in [6.07, 6.45) is 5.99. The van der Waals surface area contributed by atoms with Crippen molar-refractivity contribution in [1.82, 2.24) is 4.98 Å². The second-order valence-electron chi connectivity index (χ2n) is 6.64. The highest BCUT2D eigenvalue weighted by Crippen LogP contribution is 2.21. The molecule has 0 amide bonds. The van der Waals surface area contributed by atoms with E-state index in [1.807, 2.05) is 30.3 Å². The van der Waals surface area contributed by atoms with Gasteiger partial charge in [0.1, 0.15) is 0 Å². The highest BCUT2D eigenvalue weighted by atomic mass is 79.9. The number of aryl methyl sites for hydroxylation is 1. The Kier molecular flexibility index (Phi) is 7.36. The average molecular weight is 460 g/mol. The van der Waals surface area contributed by atoms with Crippen molar-refractivity contribution in [2.45, 2.75) is 24.2 Å². The van der Waals surface area contributed by atoms with Crippen LogP contribution < -0.4 is 0 Å². The lowest BCUT2D eigenvalue weighted by atomic mass is 9.94. The summed E-state index contributed by atoms with van der Waals surface area (Å²) in [6, 6.07) is 20.5. The van der Waals surface area contributed by atoms with E-state index in [1.165, 1.54) is 11.1 Å². The van der Waals surface area contributed by atoms with Crippen LogP contribution in [-0.4, -0.2) is 20.0 Å². The van der Waals surface area contributed by atoms with Gasteiger partial charge in [-0.3, -0.25) is 9.17 Å². The Morgan fingerprint density at radius 2 is 1.57 bits per heavy atom. The largest absolute Gasteiger partial charge is 0.296 e. The van der Waals surface area contributed by atoms with Crippen LogP contribution >= 0.6 is 15.9 Å². The third-order valence-corrected chi connectivity index (χ3v) is 6.34. The fourth-order valence-electron chi connectivity index (χ4n) is 2.97. The van der Waals surface area contributed by atoms with E-state index in [0.717, 1.165) is 23.7 Å². The van der Waals surface area contributed by atoms with Crippen LogP contribution in [0.25, 0.3) is 0 Å². The van der Waals surface area contributed by atoms with E-state index in [9.17, 15) is 8.42 Å². The monoisotopic (exact) mass is 459 g/mol. The van der Waals surface area contributed by atoms with E-state index in [4.69, 9.17) is 4.18 Å². The third kappa shape index (κ3) is 6.26. The van der Waals surface area contributed by atoms with Crippen molar-refractivity contribution in [2.24, 2.45) is 5.92 Å². The topological polar surface area (TPSA) is 56.3 Å². The molecule has 0 saturated carbocycles. The van der Waals surface area contributed by atoms with Crippen LogP contribution in [0.3, 0.4) is 0 Å². The smallest absolute Gasteiger partial charge is 0.266 e. The Labute approximate surface area is 174 Å². The van der Waals surface area contributed by atoms with Crippen molar-refractivity contribution in [3.63, 3.8) is 0 Å². The lowest BCUT2D eigenvalue weighted by Gasteiger charge is -2.17. The predicted octanol–water partition coefficient (Wildman–Crippen LogP) is 5.04. The highest BCUT2D eigenvalue weighted by Gasteiger charge is 2.19. The van der Waals surface area contributed by atoms with Crippen LogP contribution in [0.1, 0.15) is 17.5 Å². The molecule has 0 aliphatic heterocycles. The van der Waals surface area contributed by atoms with E-state index in [1.54, 1.807) is 36.7 Å². The first-order valence-electron chi connectivity index (χ1n) is 9.11. The summed E-state index contributed by atoms with van der Waals surface area (Å²) >= 11 is 3.31. The summed E-state index contributed by atoms with van der Waals surface area (Å²) in [4.78, 5) is 4.21. The molecule has 1 heterocycles. The third-order valence-electron chi connectivity index (χ3n) is 4.52. The number of pyridine rings is 1. The van der Waals surface area contributed by atoms with Crippen molar-refractivity contribution in [1.29, 1.82) is 0 Å². The normalized spacial score (nSPS) is 12.6. The summed E-state index contributed by atoms with van der Waals surface area (Å²) in [5, 5.41) is 0. The number of aromatic nitrogens is 1. The number of halogens is 1. The van der Waals surface area contributed by atoms with Crippen molar-refractivity contribution >= 4 is 26.0 Å². The minimum absolute atomic E-state index is 0.0841. The minimum atomic E-state index is -3.78. The molecule has 0 fully saturated rings. The Balaban J connectivity index is 1.68. The maximum atomic E-state index is 12.5. The average Bonchev–Trinajstić information content (AvgIpc) is 2.72. The van der Waals surface area contributed by atoms with E-state index >= 15 is 0 Å². The van der Waals surface area contributed by atoms with Crippen molar-refractivity contribution in [3.05, 3.63) is 94.7 Å². The van der Waals surface area contributed by atoms with Gasteiger partial charge in [0.05, 0.1) is 11.5 Å². The van der Waals surface area contributed by atoms with Crippen LogP contribution in [0, 0.1) is 5.92 Å². The van der Waals surface area contributed by atoms with Gasteiger partial charge in [0.2, 0.25) is 0 Å². The quantitative estimate of drug-likeness (QED) is 0.420. The zero-order valence-corrected chi connectivity index (χ0v) is 17.8. The molecule has 6 heteroatoms. The molecule has 0 aliphatic carbocycles. The van der Waals surface area contributed by atoms with Crippen LogP contribution in [-0.2, 0) is 27.1 Å². The lowest BCUT2D eigenvalue weighted by molar-refractivity contribution is 0.244. The minimum Gasteiger partial charge on any atom is -0.266 e. The zero-order chi connectivity index (χ0) is 19.8. The summed E-state index contributed by atoms with van der Waals surface area (Å²) < 4.78 is 31.3. The lowest BCUT2D eigenvalue weighted by Crippen LogP contribution is -2.18. The standard InChI is InChI=1S/C22H22BrNO3S/c23-21-8-10-22(11-9-21)28(25,26)27-17-20(16-19-4-2-1-3-5-19)7-6-18-12-14-24-15-13-18/h1-5,8-15,20H,6-7,16-17H2/t20-/m0/s1. The molecular formula is C22H22BrNO3S. The molecule has 0 aliphatic rings.